The van der Waals surface area contributed by atoms with Crippen LogP contribution < -0.4 is 5.32 Å². The second kappa shape index (κ2) is 5.19. The van der Waals surface area contributed by atoms with E-state index in [0.29, 0.717) is 0 Å². The zero-order valence-electron chi connectivity index (χ0n) is 9.32. The third kappa shape index (κ3) is 2.79. The maximum absolute atomic E-state index is 13.7. The lowest BCUT2D eigenvalue weighted by molar-refractivity contribution is 0.0697. The fourth-order valence-corrected chi connectivity index (χ4v) is 1.65. The summed E-state index contributed by atoms with van der Waals surface area (Å²) in [6.45, 7) is 0. The van der Waals surface area contributed by atoms with Gasteiger partial charge in [-0.2, -0.15) is 0 Å². The predicted molar refractivity (Wildman–Crippen MR) is 65.8 cm³/mol. The lowest BCUT2D eigenvalue weighted by Crippen LogP contribution is -2.06. The first-order valence-corrected chi connectivity index (χ1v) is 5.45. The number of carboxylic acids is 1. The summed E-state index contributed by atoms with van der Waals surface area (Å²) >= 11 is 5.70. The quantitative estimate of drug-likeness (QED) is 0.906. The van der Waals surface area contributed by atoms with Crippen LogP contribution in [0.5, 0.6) is 0 Å². The molecule has 0 aliphatic rings. The molecule has 0 atom stereocenters. The monoisotopic (exact) mass is 284 g/mol. The van der Waals surface area contributed by atoms with Gasteiger partial charge in [0.1, 0.15) is 0 Å². The molecule has 2 aromatic rings. The van der Waals surface area contributed by atoms with Gasteiger partial charge in [0.15, 0.2) is 11.6 Å². The Bertz CT molecular complexity index is 650. The first-order chi connectivity index (χ1) is 8.99. The molecule has 0 unspecified atom stereocenters. The second-order valence-corrected chi connectivity index (χ2v) is 4.04. The molecule has 4 nitrogen and oxygen atoms in total. The van der Waals surface area contributed by atoms with Crippen molar-refractivity contribution in [2.75, 3.05) is 5.32 Å². The first-order valence-electron chi connectivity index (χ1n) is 5.08. The van der Waals surface area contributed by atoms with E-state index in [2.05, 4.69) is 10.3 Å². The molecule has 19 heavy (non-hydrogen) atoms. The number of carboxylic acid groups (broad SMARTS) is 1. The minimum Gasteiger partial charge on any atom is -0.478 e. The summed E-state index contributed by atoms with van der Waals surface area (Å²) < 4.78 is 26.8. The van der Waals surface area contributed by atoms with Crippen molar-refractivity contribution in [1.82, 2.24) is 4.98 Å². The normalized spacial score (nSPS) is 10.3. The molecule has 1 aromatic carbocycles. The number of carbonyl (C=O) groups is 1. The van der Waals surface area contributed by atoms with Gasteiger partial charge in [-0.15, -0.1) is 0 Å². The summed E-state index contributed by atoms with van der Waals surface area (Å²) in [6.07, 6.45) is 2.66. The number of halogens is 3. The first kappa shape index (κ1) is 13.2. The third-order valence-electron chi connectivity index (χ3n) is 2.30. The van der Waals surface area contributed by atoms with Crippen molar-refractivity contribution in [1.29, 1.82) is 0 Å². The molecule has 0 fully saturated rings. The lowest BCUT2D eigenvalue weighted by Gasteiger charge is -2.11. The van der Waals surface area contributed by atoms with Gasteiger partial charge >= 0.3 is 5.97 Å². The highest BCUT2D eigenvalue weighted by molar-refractivity contribution is 6.30. The van der Waals surface area contributed by atoms with Gasteiger partial charge in [0.2, 0.25) is 0 Å². The lowest BCUT2D eigenvalue weighted by atomic mass is 10.1. The fraction of sp³-hybridized carbons (Fsp3) is 0. The molecule has 2 N–H and O–H groups in total. The highest BCUT2D eigenvalue weighted by Gasteiger charge is 2.18. The predicted octanol–water partition coefficient (Wildman–Crippen LogP) is 3.46. The van der Waals surface area contributed by atoms with Crippen LogP contribution in [0.4, 0.5) is 20.2 Å². The van der Waals surface area contributed by atoms with Crippen LogP contribution in [0.25, 0.3) is 0 Å². The van der Waals surface area contributed by atoms with Gasteiger partial charge in [0.25, 0.3) is 0 Å². The maximum atomic E-state index is 13.7. The Labute approximate surface area is 111 Å². The van der Waals surface area contributed by atoms with Gasteiger partial charge < -0.3 is 10.4 Å². The molecule has 1 heterocycles. The molecule has 0 saturated heterocycles. The minimum absolute atomic E-state index is 0.250. The fourth-order valence-electron chi connectivity index (χ4n) is 1.48. The van der Waals surface area contributed by atoms with Gasteiger partial charge in [0.05, 0.1) is 28.2 Å². The second-order valence-electron chi connectivity index (χ2n) is 3.61. The highest BCUT2D eigenvalue weighted by atomic mass is 35.5. The van der Waals surface area contributed by atoms with E-state index in [0.717, 1.165) is 12.1 Å². The van der Waals surface area contributed by atoms with Crippen molar-refractivity contribution in [3.8, 4) is 0 Å². The van der Waals surface area contributed by atoms with E-state index >= 15 is 0 Å². The Hall–Kier alpha value is -2.21. The van der Waals surface area contributed by atoms with Crippen molar-refractivity contribution in [2.45, 2.75) is 0 Å². The molecule has 0 aliphatic carbocycles. The smallest absolute Gasteiger partial charge is 0.337 e. The van der Waals surface area contributed by atoms with E-state index in [1.54, 1.807) is 0 Å². The topological polar surface area (TPSA) is 62.2 Å². The van der Waals surface area contributed by atoms with Crippen molar-refractivity contribution in [3.63, 3.8) is 0 Å². The van der Waals surface area contributed by atoms with Crippen LogP contribution in [-0.4, -0.2) is 16.1 Å². The van der Waals surface area contributed by atoms with Crippen molar-refractivity contribution < 1.29 is 18.7 Å². The van der Waals surface area contributed by atoms with Crippen LogP contribution in [0.15, 0.2) is 30.6 Å². The van der Waals surface area contributed by atoms with E-state index in [-0.39, 0.29) is 16.3 Å². The van der Waals surface area contributed by atoms with Crippen LogP contribution in [0.1, 0.15) is 10.4 Å². The van der Waals surface area contributed by atoms with Crippen LogP contribution in [0.2, 0.25) is 5.02 Å². The summed E-state index contributed by atoms with van der Waals surface area (Å²) in [5.74, 6) is -3.81. The average molecular weight is 285 g/mol. The number of nitrogens with zero attached hydrogens (tertiary/aromatic N) is 1. The molecule has 0 spiro atoms. The van der Waals surface area contributed by atoms with Crippen LogP contribution in [0, 0.1) is 11.6 Å². The Balaban J connectivity index is 2.49. The number of nitrogens with one attached hydrogen (secondary N) is 1. The molecule has 2 rings (SSSR count). The Morgan fingerprint density at radius 2 is 2.05 bits per heavy atom. The van der Waals surface area contributed by atoms with E-state index in [4.69, 9.17) is 16.7 Å². The van der Waals surface area contributed by atoms with Gasteiger partial charge in [-0.05, 0) is 18.2 Å². The average Bonchev–Trinajstić information content (AvgIpc) is 2.35. The van der Waals surface area contributed by atoms with Crippen molar-refractivity contribution >= 4 is 28.9 Å². The standard InChI is InChI=1S/C12H7ClF2N2O2/c13-6-3-7(5-16-4-6)17-11-8(12(18)19)1-2-9(14)10(11)15/h1-5,17H,(H,18,19). The molecule has 0 aliphatic heterocycles. The molecule has 98 valence electrons. The Morgan fingerprint density at radius 3 is 2.68 bits per heavy atom. The summed E-state index contributed by atoms with van der Waals surface area (Å²) in [5, 5.41) is 11.7. The van der Waals surface area contributed by atoms with Gasteiger partial charge in [0, 0.05) is 6.20 Å². The van der Waals surface area contributed by atoms with Crippen molar-refractivity contribution in [3.05, 3.63) is 52.8 Å². The Kier molecular flexibility index (Phi) is 3.62. The number of aromatic carboxylic acids is 1. The number of hydrogen-bond donors (Lipinski definition) is 2. The minimum atomic E-state index is -1.38. The maximum Gasteiger partial charge on any atom is 0.337 e. The number of aromatic nitrogens is 1. The zero-order valence-corrected chi connectivity index (χ0v) is 10.1. The summed E-state index contributed by atoms with van der Waals surface area (Å²) in [7, 11) is 0. The number of hydrogen-bond acceptors (Lipinski definition) is 3. The Morgan fingerprint density at radius 1 is 1.32 bits per heavy atom. The molecule has 1 aromatic heterocycles. The number of pyridine rings is 1. The molecule has 0 saturated carbocycles. The third-order valence-corrected chi connectivity index (χ3v) is 2.51. The van der Waals surface area contributed by atoms with Crippen LogP contribution in [0.3, 0.4) is 0 Å². The SMILES string of the molecule is O=C(O)c1ccc(F)c(F)c1Nc1cncc(Cl)c1. The zero-order chi connectivity index (χ0) is 14.0. The number of anilines is 2. The van der Waals surface area contributed by atoms with E-state index in [9.17, 15) is 13.6 Å². The van der Waals surface area contributed by atoms with Gasteiger partial charge in [-0.25, -0.2) is 13.6 Å². The summed E-state index contributed by atoms with van der Waals surface area (Å²) in [5.41, 5.74) is -0.616. The molecule has 0 radical (unpaired) electrons. The highest BCUT2D eigenvalue weighted by Crippen LogP contribution is 2.27. The van der Waals surface area contributed by atoms with Crippen LogP contribution >= 0.6 is 11.6 Å². The molecular formula is C12H7ClF2N2O2. The summed E-state index contributed by atoms with van der Waals surface area (Å²) in [4.78, 5) is 14.7. The van der Waals surface area contributed by atoms with Crippen LogP contribution in [-0.2, 0) is 0 Å². The number of benzene rings is 1. The largest absolute Gasteiger partial charge is 0.478 e. The van der Waals surface area contributed by atoms with E-state index in [1.165, 1.54) is 18.5 Å². The summed E-state index contributed by atoms with van der Waals surface area (Å²) in [6, 6.07) is 3.13. The number of rotatable bonds is 3. The van der Waals surface area contributed by atoms with Crippen molar-refractivity contribution in [2.24, 2.45) is 0 Å². The molecule has 7 heteroatoms. The van der Waals surface area contributed by atoms with E-state index in [1.807, 2.05) is 0 Å². The van der Waals surface area contributed by atoms with Gasteiger partial charge in [-0.3, -0.25) is 4.98 Å². The van der Waals surface area contributed by atoms with Gasteiger partial charge in [-0.1, -0.05) is 11.6 Å². The van der Waals surface area contributed by atoms with E-state index < -0.39 is 23.3 Å². The molecule has 0 bridgehead atoms. The molecule has 0 amide bonds. The molecular weight excluding hydrogens is 278 g/mol.